The molecule has 0 saturated heterocycles. The van der Waals surface area contributed by atoms with Crippen molar-refractivity contribution in [2.75, 3.05) is 13.3 Å². The molecular formula is C3H10O7P2. The van der Waals surface area contributed by atoms with Gasteiger partial charge in [0.2, 0.25) is 0 Å². The van der Waals surface area contributed by atoms with E-state index >= 15 is 0 Å². The van der Waals surface area contributed by atoms with Crippen LogP contribution in [0.4, 0.5) is 0 Å². The number of hydrogen-bond donors (Lipinski definition) is 4. The van der Waals surface area contributed by atoms with E-state index in [1.165, 1.54) is 0 Å². The van der Waals surface area contributed by atoms with Crippen molar-refractivity contribution in [2.24, 2.45) is 0 Å². The first-order valence-electron chi connectivity index (χ1n) is 2.80. The molecule has 9 heteroatoms. The van der Waals surface area contributed by atoms with E-state index in [1.807, 2.05) is 0 Å². The summed E-state index contributed by atoms with van der Waals surface area (Å²) >= 11 is 0. The topological polar surface area (TPSA) is 124 Å². The van der Waals surface area contributed by atoms with E-state index in [-0.39, 0.29) is 0 Å². The van der Waals surface area contributed by atoms with Gasteiger partial charge in [-0.05, 0) is 0 Å². The Morgan fingerprint density at radius 1 is 1.33 bits per heavy atom. The Morgan fingerprint density at radius 3 is 2.00 bits per heavy atom. The van der Waals surface area contributed by atoms with Gasteiger partial charge in [0.15, 0.2) is 5.85 Å². The third-order valence-corrected chi connectivity index (χ3v) is 3.61. The highest BCUT2D eigenvalue weighted by Crippen LogP contribution is 2.50. The van der Waals surface area contributed by atoms with E-state index in [2.05, 4.69) is 4.52 Å². The first kappa shape index (κ1) is 12.3. The molecule has 0 aromatic carbocycles. The molecule has 0 fully saturated rings. The van der Waals surface area contributed by atoms with Crippen LogP contribution in [0, 0.1) is 0 Å². The van der Waals surface area contributed by atoms with Crippen LogP contribution in [0.5, 0.6) is 0 Å². The normalized spacial score (nSPS) is 20.1. The van der Waals surface area contributed by atoms with Crippen molar-refractivity contribution >= 4 is 15.2 Å². The molecule has 0 aromatic heterocycles. The molecule has 0 saturated carbocycles. The molecule has 0 rings (SSSR count). The van der Waals surface area contributed by atoms with E-state index in [0.29, 0.717) is 0 Å². The quantitative estimate of drug-likeness (QED) is 0.462. The van der Waals surface area contributed by atoms with E-state index in [0.717, 1.165) is 7.11 Å². The zero-order valence-electron chi connectivity index (χ0n) is 6.19. The molecule has 12 heavy (non-hydrogen) atoms. The molecule has 0 heterocycles. The number of rotatable bonds is 4. The average molecular weight is 220 g/mol. The van der Waals surface area contributed by atoms with Crippen LogP contribution in [0.1, 0.15) is 0 Å². The Hall–Kier alpha value is 0.260. The van der Waals surface area contributed by atoms with E-state index < -0.39 is 27.2 Å². The van der Waals surface area contributed by atoms with Crippen molar-refractivity contribution in [3.05, 3.63) is 0 Å². The molecule has 0 aromatic rings. The summed E-state index contributed by atoms with van der Waals surface area (Å²) in [6.07, 6.45) is -1.09. The van der Waals surface area contributed by atoms with Gasteiger partial charge in [-0.1, -0.05) is 0 Å². The summed E-state index contributed by atoms with van der Waals surface area (Å²) in [7, 11) is -7.93. The second-order valence-corrected chi connectivity index (χ2v) is 5.86. The van der Waals surface area contributed by atoms with Crippen molar-refractivity contribution in [2.45, 2.75) is 5.85 Å². The lowest BCUT2D eigenvalue weighted by molar-refractivity contribution is 0.197. The van der Waals surface area contributed by atoms with Gasteiger partial charge >= 0.3 is 15.2 Å². The molecule has 0 amide bonds. The summed E-state index contributed by atoms with van der Waals surface area (Å²) < 4.78 is 24.9. The van der Waals surface area contributed by atoms with Gasteiger partial charge in [-0.15, -0.1) is 0 Å². The van der Waals surface area contributed by atoms with Crippen molar-refractivity contribution < 1.29 is 33.4 Å². The maximum atomic E-state index is 10.7. The van der Waals surface area contributed by atoms with E-state index in [1.54, 1.807) is 0 Å². The minimum Gasteiger partial charge on any atom is -0.380 e. The predicted octanol–water partition coefficient (Wildman–Crippen LogP) is -0.686. The highest BCUT2D eigenvalue weighted by Gasteiger charge is 2.34. The first-order valence-corrected chi connectivity index (χ1v) is 6.24. The third-order valence-electron chi connectivity index (χ3n) is 1.04. The van der Waals surface area contributed by atoms with Gasteiger partial charge in [0, 0.05) is 7.11 Å². The zero-order valence-corrected chi connectivity index (χ0v) is 7.98. The van der Waals surface area contributed by atoms with Gasteiger partial charge in [-0.25, -0.2) is 0 Å². The summed E-state index contributed by atoms with van der Waals surface area (Å²) in [6.45, 7) is 0. The molecule has 7 nitrogen and oxygen atoms in total. The first-order chi connectivity index (χ1) is 5.19. The second-order valence-electron chi connectivity index (χ2n) is 2.07. The summed E-state index contributed by atoms with van der Waals surface area (Å²) in [5, 5.41) is 8.78. The van der Waals surface area contributed by atoms with Gasteiger partial charge in [0.05, 0.1) is 6.16 Å². The highest BCUT2D eigenvalue weighted by molar-refractivity contribution is 7.57. The van der Waals surface area contributed by atoms with Crippen molar-refractivity contribution in [3.8, 4) is 0 Å². The number of aliphatic hydroxyl groups excluding tert-OH is 1. The molecule has 2 unspecified atom stereocenters. The molecular weight excluding hydrogens is 210 g/mol. The van der Waals surface area contributed by atoms with Crippen LogP contribution in [-0.4, -0.2) is 38.9 Å². The molecule has 0 aliphatic carbocycles. The van der Waals surface area contributed by atoms with Crippen LogP contribution < -0.4 is 0 Å². The Morgan fingerprint density at radius 2 is 1.75 bits per heavy atom. The zero-order chi connectivity index (χ0) is 9.99. The summed E-state index contributed by atoms with van der Waals surface area (Å²) in [5.41, 5.74) is 0. The van der Waals surface area contributed by atoms with Crippen molar-refractivity contribution in [3.63, 3.8) is 0 Å². The van der Waals surface area contributed by atoms with Crippen molar-refractivity contribution in [1.82, 2.24) is 0 Å². The van der Waals surface area contributed by atoms with Crippen molar-refractivity contribution in [1.29, 1.82) is 0 Å². The van der Waals surface area contributed by atoms with Crippen LogP contribution in [-0.2, 0) is 13.7 Å². The monoisotopic (exact) mass is 220 g/mol. The molecule has 74 valence electrons. The lowest BCUT2D eigenvalue weighted by Crippen LogP contribution is -2.14. The summed E-state index contributed by atoms with van der Waals surface area (Å²) in [6, 6.07) is 0. The van der Waals surface area contributed by atoms with E-state index in [9.17, 15) is 9.13 Å². The fourth-order valence-electron chi connectivity index (χ4n) is 0.438. The van der Waals surface area contributed by atoms with Gasteiger partial charge in [0.1, 0.15) is 0 Å². The number of aliphatic hydroxyl groups is 1. The van der Waals surface area contributed by atoms with Gasteiger partial charge < -0.3 is 24.3 Å². The Kier molecular flexibility index (Phi) is 4.07. The second kappa shape index (κ2) is 3.98. The highest BCUT2D eigenvalue weighted by atomic mass is 31.2. The minimum atomic E-state index is -4.49. The Labute approximate surface area is 68.7 Å². The van der Waals surface area contributed by atoms with Gasteiger partial charge in [-0.3, -0.25) is 9.13 Å². The predicted molar refractivity (Wildman–Crippen MR) is 39.8 cm³/mol. The summed E-state index contributed by atoms with van der Waals surface area (Å²) in [4.78, 5) is 25.3. The molecule has 2 atom stereocenters. The van der Waals surface area contributed by atoms with Crippen LogP contribution >= 0.6 is 15.2 Å². The molecule has 4 N–H and O–H groups in total. The standard InChI is InChI=1S/C3H10O7P2/c1-10-12(8,9)3(4)2-11(5,6)7/h3-4H,2H2,1H3,(H,8,9)(H2,5,6,7). The fraction of sp³-hybridized carbons (Fsp3) is 1.00. The smallest absolute Gasteiger partial charge is 0.356 e. The lowest BCUT2D eigenvalue weighted by Gasteiger charge is -2.15. The van der Waals surface area contributed by atoms with Crippen LogP contribution in [0.2, 0.25) is 0 Å². The SMILES string of the molecule is COP(=O)(O)C(O)CP(=O)(O)O. The van der Waals surface area contributed by atoms with Crippen LogP contribution in [0.3, 0.4) is 0 Å². The van der Waals surface area contributed by atoms with Gasteiger partial charge in [-0.2, -0.15) is 0 Å². The third kappa shape index (κ3) is 4.33. The Balaban J connectivity index is 4.33. The maximum Gasteiger partial charge on any atom is 0.356 e. The molecule has 0 aliphatic rings. The molecule has 0 bridgehead atoms. The lowest BCUT2D eigenvalue weighted by atomic mass is 10.9. The van der Waals surface area contributed by atoms with Crippen LogP contribution in [0.25, 0.3) is 0 Å². The largest absolute Gasteiger partial charge is 0.380 e. The average Bonchev–Trinajstić information content (AvgIpc) is 1.84. The molecule has 0 radical (unpaired) electrons. The fourth-order valence-corrected chi connectivity index (χ4v) is 2.57. The Bertz CT molecular complexity index is 231. The van der Waals surface area contributed by atoms with Crippen LogP contribution in [0.15, 0.2) is 0 Å². The molecule has 0 aliphatic heterocycles. The summed E-state index contributed by atoms with van der Waals surface area (Å²) in [5.74, 6) is -2.05. The van der Waals surface area contributed by atoms with E-state index in [4.69, 9.17) is 19.8 Å². The van der Waals surface area contributed by atoms with Gasteiger partial charge in [0.25, 0.3) is 0 Å². The number of hydrogen-bond acceptors (Lipinski definition) is 4. The maximum absolute atomic E-state index is 10.7. The molecule has 0 spiro atoms. The minimum absolute atomic E-state index is 0.865.